The molecule has 1 heterocycles. The SMILES string of the molecule is C=CCN(Cc1ccc(C#N)cc1)C(=O)c1ccc(-c2ccccc2Cl)o1. The molecular formula is C22H17ClN2O2. The van der Waals surface area contributed by atoms with Gasteiger partial charge >= 0.3 is 0 Å². The molecule has 134 valence electrons. The maximum atomic E-state index is 12.9. The second-order valence-electron chi connectivity index (χ2n) is 5.93. The Hall–Kier alpha value is -3.29. The monoisotopic (exact) mass is 376 g/mol. The van der Waals surface area contributed by atoms with Crippen molar-refractivity contribution < 1.29 is 9.21 Å². The van der Waals surface area contributed by atoms with Crippen molar-refractivity contribution in [3.05, 3.63) is 95.2 Å². The first-order chi connectivity index (χ1) is 13.1. The van der Waals surface area contributed by atoms with E-state index in [1.54, 1.807) is 41.3 Å². The molecule has 0 saturated carbocycles. The summed E-state index contributed by atoms with van der Waals surface area (Å²) in [4.78, 5) is 14.5. The Morgan fingerprint density at radius 1 is 1.15 bits per heavy atom. The van der Waals surface area contributed by atoms with Crippen LogP contribution in [-0.2, 0) is 6.54 Å². The summed E-state index contributed by atoms with van der Waals surface area (Å²) in [7, 11) is 0. The van der Waals surface area contributed by atoms with Crippen LogP contribution in [0.15, 0.2) is 77.7 Å². The van der Waals surface area contributed by atoms with Crippen molar-refractivity contribution in [3.63, 3.8) is 0 Å². The number of rotatable bonds is 6. The van der Waals surface area contributed by atoms with Crippen molar-refractivity contribution in [1.29, 1.82) is 5.26 Å². The van der Waals surface area contributed by atoms with Gasteiger partial charge in [-0.2, -0.15) is 5.26 Å². The van der Waals surface area contributed by atoms with Gasteiger partial charge in [0.25, 0.3) is 5.91 Å². The molecule has 0 saturated heterocycles. The molecule has 0 unspecified atom stereocenters. The Balaban J connectivity index is 1.81. The molecule has 0 fully saturated rings. The Bertz CT molecular complexity index is 1000. The quantitative estimate of drug-likeness (QED) is 0.548. The first kappa shape index (κ1) is 18.5. The molecule has 1 amide bonds. The minimum Gasteiger partial charge on any atom is -0.451 e. The summed E-state index contributed by atoms with van der Waals surface area (Å²) in [5.41, 5.74) is 2.23. The summed E-state index contributed by atoms with van der Waals surface area (Å²) < 4.78 is 5.76. The van der Waals surface area contributed by atoms with Crippen LogP contribution in [0.2, 0.25) is 5.02 Å². The third kappa shape index (κ3) is 4.28. The Morgan fingerprint density at radius 3 is 2.56 bits per heavy atom. The largest absolute Gasteiger partial charge is 0.451 e. The van der Waals surface area contributed by atoms with Crippen molar-refractivity contribution in [1.82, 2.24) is 4.90 Å². The van der Waals surface area contributed by atoms with Crippen molar-refractivity contribution in [2.45, 2.75) is 6.54 Å². The second kappa shape index (κ2) is 8.39. The highest BCUT2D eigenvalue weighted by molar-refractivity contribution is 6.33. The van der Waals surface area contributed by atoms with E-state index in [9.17, 15) is 4.79 Å². The van der Waals surface area contributed by atoms with Gasteiger partial charge in [0.2, 0.25) is 0 Å². The molecule has 3 aromatic rings. The van der Waals surface area contributed by atoms with Crippen LogP contribution >= 0.6 is 11.6 Å². The van der Waals surface area contributed by atoms with Crippen LogP contribution in [0.1, 0.15) is 21.7 Å². The Morgan fingerprint density at radius 2 is 1.89 bits per heavy atom. The molecule has 2 aromatic carbocycles. The van der Waals surface area contributed by atoms with E-state index < -0.39 is 0 Å². The van der Waals surface area contributed by atoms with Crippen LogP contribution in [-0.4, -0.2) is 17.4 Å². The smallest absolute Gasteiger partial charge is 0.290 e. The van der Waals surface area contributed by atoms with E-state index in [2.05, 4.69) is 12.6 Å². The minimum absolute atomic E-state index is 0.236. The molecule has 0 N–H and O–H groups in total. The number of benzene rings is 2. The number of amides is 1. The number of carbonyl (C=O) groups excluding carboxylic acids is 1. The fourth-order valence-electron chi connectivity index (χ4n) is 2.69. The molecule has 0 aliphatic heterocycles. The molecule has 1 aromatic heterocycles. The summed E-state index contributed by atoms with van der Waals surface area (Å²) in [6.45, 7) is 4.49. The van der Waals surface area contributed by atoms with Gasteiger partial charge in [0.15, 0.2) is 5.76 Å². The Labute approximate surface area is 162 Å². The van der Waals surface area contributed by atoms with E-state index in [0.717, 1.165) is 11.1 Å². The number of carbonyl (C=O) groups is 1. The number of nitriles is 1. The highest BCUT2D eigenvalue weighted by Crippen LogP contribution is 2.29. The van der Waals surface area contributed by atoms with Crippen molar-refractivity contribution in [3.8, 4) is 17.4 Å². The van der Waals surface area contributed by atoms with Crippen molar-refractivity contribution >= 4 is 17.5 Å². The summed E-state index contributed by atoms with van der Waals surface area (Å²) in [6.07, 6.45) is 1.67. The van der Waals surface area contributed by atoms with Gasteiger partial charge in [-0.3, -0.25) is 4.79 Å². The van der Waals surface area contributed by atoms with Crippen LogP contribution < -0.4 is 0 Å². The number of nitrogens with zero attached hydrogens (tertiary/aromatic N) is 2. The maximum Gasteiger partial charge on any atom is 0.290 e. The number of hydrogen-bond acceptors (Lipinski definition) is 3. The number of hydrogen-bond donors (Lipinski definition) is 0. The maximum absolute atomic E-state index is 12.9. The highest BCUT2D eigenvalue weighted by atomic mass is 35.5. The Kier molecular flexibility index (Phi) is 5.75. The zero-order chi connectivity index (χ0) is 19.2. The van der Waals surface area contributed by atoms with Crippen LogP contribution in [0.25, 0.3) is 11.3 Å². The fourth-order valence-corrected chi connectivity index (χ4v) is 2.92. The fraction of sp³-hybridized carbons (Fsp3) is 0.0909. The van der Waals surface area contributed by atoms with Crippen LogP contribution in [0.3, 0.4) is 0 Å². The zero-order valence-electron chi connectivity index (χ0n) is 14.6. The average molecular weight is 377 g/mol. The van der Waals surface area contributed by atoms with Crippen LogP contribution in [0.4, 0.5) is 0 Å². The first-order valence-corrected chi connectivity index (χ1v) is 8.74. The van der Waals surface area contributed by atoms with Crippen LogP contribution in [0, 0.1) is 11.3 Å². The van der Waals surface area contributed by atoms with Crippen molar-refractivity contribution in [2.24, 2.45) is 0 Å². The summed E-state index contributed by atoms with van der Waals surface area (Å²) in [6, 6.07) is 19.9. The summed E-state index contributed by atoms with van der Waals surface area (Å²) in [5, 5.41) is 9.46. The molecule has 0 bridgehead atoms. The van der Waals surface area contributed by atoms with E-state index in [1.165, 1.54) is 0 Å². The van der Waals surface area contributed by atoms with Gasteiger partial charge in [-0.15, -0.1) is 6.58 Å². The van der Waals surface area contributed by atoms with E-state index in [-0.39, 0.29) is 11.7 Å². The normalized spacial score (nSPS) is 10.2. The number of furan rings is 1. The molecule has 5 heteroatoms. The third-order valence-electron chi connectivity index (χ3n) is 4.05. The first-order valence-electron chi connectivity index (χ1n) is 8.36. The second-order valence-corrected chi connectivity index (χ2v) is 6.33. The van der Waals surface area contributed by atoms with Gasteiger partial charge in [-0.1, -0.05) is 41.9 Å². The van der Waals surface area contributed by atoms with E-state index >= 15 is 0 Å². The van der Waals surface area contributed by atoms with Gasteiger partial charge < -0.3 is 9.32 Å². The van der Waals surface area contributed by atoms with Gasteiger partial charge in [0, 0.05) is 18.7 Å². The van der Waals surface area contributed by atoms with Crippen LogP contribution in [0.5, 0.6) is 0 Å². The minimum atomic E-state index is -0.238. The highest BCUT2D eigenvalue weighted by Gasteiger charge is 2.20. The lowest BCUT2D eigenvalue weighted by Crippen LogP contribution is -2.30. The topological polar surface area (TPSA) is 57.2 Å². The molecule has 0 atom stereocenters. The molecular weight excluding hydrogens is 360 g/mol. The van der Waals surface area contributed by atoms with Gasteiger partial charge in [-0.05, 0) is 42.0 Å². The van der Waals surface area contributed by atoms with Crippen molar-refractivity contribution in [2.75, 3.05) is 6.54 Å². The average Bonchev–Trinajstić information content (AvgIpc) is 3.18. The van der Waals surface area contributed by atoms with Gasteiger partial charge in [0.1, 0.15) is 5.76 Å². The summed E-state index contributed by atoms with van der Waals surface area (Å²) in [5.74, 6) is 0.541. The zero-order valence-corrected chi connectivity index (χ0v) is 15.3. The lowest BCUT2D eigenvalue weighted by atomic mass is 10.1. The standard InChI is InChI=1S/C22H17ClN2O2/c1-2-13-25(15-17-9-7-16(14-24)8-10-17)22(26)21-12-11-20(27-21)18-5-3-4-6-19(18)23/h2-12H,1,13,15H2. The molecule has 4 nitrogen and oxygen atoms in total. The summed E-state index contributed by atoms with van der Waals surface area (Å²) >= 11 is 6.20. The molecule has 0 aliphatic rings. The van der Waals surface area contributed by atoms with E-state index in [4.69, 9.17) is 21.3 Å². The third-order valence-corrected chi connectivity index (χ3v) is 4.38. The molecule has 0 aliphatic carbocycles. The van der Waals surface area contributed by atoms with Gasteiger partial charge in [0.05, 0.1) is 16.7 Å². The van der Waals surface area contributed by atoms with E-state index in [0.29, 0.717) is 29.4 Å². The lowest BCUT2D eigenvalue weighted by Gasteiger charge is -2.20. The molecule has 27 heavy (non-hydrogen) atoms. The van der Waals surface area contributed by atoms with Gasteiger partial charge in [-0.25, -0.2) is 0 Å². The number of halogens is 1. The van der Waals surface area contributed by atoms with E-state index in [1.807, 2.05) is 30.3 Å². The molecule has 0 radical (unpaired) electrons. The predicted molar refractivity (Wildman–Crippen MR) is 105 cm³/mol. The molecule has 0 spiro atoms. The predicted octanol–water partition coefficient (Wildman–Crippen LogP) is 5.30. The molecule has 3 rings (SSSR count). The lowest BCUT2D eigenvalue weighted by molar-refractivity contribution is 0.0731.